The van der Waals surface area contributed by atoms with Crippen molar-refractivity contribution in [1.82, 2.24) is 0 Å². The maximum absolute atomic E-state index is 12.6. The first-order chi connectivity index (χ1) is 9.54. The SMILES string of the molecule is Cc1c(Br)cccc1C(=O)C(C#N)c1cccc(Br)c1. The van der Waals surface area contributed by atoms with E-state index in [4.69, 9.17) is 0 Å². The summed E-state index contributed by atoms with van der Waals surface area (Å²) in [5, 5.41) is 9.36. The normalized spacial score (nSPS) is 11.7. The number of carbonyl (C=O) groups excluding carboxylic acids is 1. The van der Waals surface area contributed by atoms with Gasteiger partial charge in [-0.1, -0.05) is 56.1 Å². The van der Waals surface area contributed by atoms with E-state index in [9.17, 15) is 10.1 Å². The molecule has 4 heteroatoms. The van der Waals surface area contributed by atoms with E-state index in [-0.39, 0.29) is 5.78 Å². The average Bonchev–Trinajstić information content (AvgIpc) is 2.42. The fourth-order valence-corrected chi connectivity index (χ4v) is 2.78. The number of hydrogen-bond acceptors (Lipinski definition) is 2. The minimum Gasteiger partial charge on any atom is -0.292 e. The zero-order valence-corrected chi connectivity index (χ0v) is 13.9. The lowest BCUT2D eigenvalue weighted by Gasteiger charge is -2.12. The summed E-state index contributed by atoms with van der Waals surface area (Å²) in [6.07, 6.45) is 0. The van der Waals surface area contributed by atoms with Gasteiger partial charge in [0.05, 0.1) is 6.07 Å². The highest BCUT2D eigenvalue weighted by atomic mass is 79.9. The molecule has 1 atom stereocenters. The molecule has 100 valence electrons. The molecular formula is C16H11Br2NO. The van der Waals surface area contributed by atoms with Crippen LogP contribution in [0, 0.1) is 18.3 Å². The summed E-state index contributed by atoms with van der Waals surface area (Å²) in [6, 6.07) is 14.8. The van der Waals surface area contributed by atoms with Gasteiger partial charge in [0.15, 0.2) is 5.78 Å². The molecule has 0 heterocycles. The molecule has 2 nitrogen and oxygen atoms in total. The first kappa shape index (κ1) is 15.0. The van der Waals surface area contributed by atoms with E-state index in [1.54, 1.807) is 24.3 Å². The van der Waals surface area contributed by atoms with Crippen molar-refractivity contribution >= 4 is 37.6 Å². The summed E-state index contributed by atoms with van der Waals surface area (Å²) in [6.45, 7) is 1.87. The Bertz CT molecular complexity index is 704. The van der Waals surface area contributed by atoms with Gasteiger partial charge in [-0.25, -0.2) is 0 Å². The Hall–Kier alpha value is -1.44. The topological polar surface area (TPSA) is 40.9 Å². The van der Waals surface area contributed by atoms with Crippen molar-refractivity contribution in [2.75, 3.05) is 0 Å². The lowest BCUT2D eigenvalue weighted by atomic mass is 9.90. The largest absolute Gasteiger partial charge is 0.292 e. The monoisotopic (exact) mass is 391 g/mol. The van der Waals surface area contributed by atoms with Crippen LogP contribution < -0.4 is 0 Å². The number of ketones is 1. The molecule has 20 heavy (non-hydrogen) atoms. The maximum atomic E-state index is 12.6. The Morgan fingerprint density at radius 3 is 2.55 bits per heavy atom. The van der Waals surface area contributed by atoms with Crippen LogP contribution in [0.2, 0.25) is 0 Å². The number of carbonyl (C=O) groups is 1. The Morgan fingerprint density at radius 1 is 1.20 bits per heavy atom. The van der Waals surface area contributed by atoms with Crippen LogP contribution in [0.1, 0.15) is 27.4 Å². The van der Waals surface area contributed by atoms with Crippen molar-refractivity contribution in [2.45, 2.75) is 12.8 Å². The molecule has 2 rings (SSSR count). The standard InChI is InChI=1S/C16H11Br2NO/c1-10-13(6-3-7-15(10)18)16(20)14(9-19)11-4-2-5-12(17)8-11/h2-8,14H,1H3. The molecule has 0 aromatic heterocycles. The molecule has 0 aliphatic carbocycles. The van der Waals surface area contributed by atoms with Crippen LogP contribution >= 0.6 is 31.9 Å². The summed E-state index contributed by atoms with van der Waals surface area (Å²) >= 11 is 6.77. The number of hydrogen-bond donors (Lipinski definition) is 0. The van der Waals surface area contributed by atoms with E-state index in [1.165, 1.54) is 0 Å². The summed E-state index contributed by atoms with van der Waals surface area (Å²) in [7, 11) is 0. The molecule has 0 saturated carbocycles. The lowest BCUT2D eigenvalue weighted by molar-refractivity contribution is 0.0978. The van der Waals surface area contributed by atoms with Crippen LogP contribution in [0.3, 0.4) is 0 Å². The molecule has 0 amide bonds. The van der Waals surface area contributed by atoms with Gasteiger partial charge in [0.25, 0.3) is 0 Å². The van der Waals surface area contributed by atoms with Crippen LogP contribution in [-0.2, 0) is 0 Å². The van der Waals surface area contributed by atoms with Crippen molar-refractivity contribution < 1.29 is 4.79 Å². The van der Waals surface area contributed by atoms with Crippen molar-refractivity contribution in [1.29, 1.82) is 5.26 Å². The molecule has 0 N–H and O–H groups in total. The van der Waals surface area contributed by atoms with E-state index in [2.05, 4.69) is 37.9 Å². The fraction of sp³-hybridized carbons (Fsp3) is 0.125. The van der Waals surface area contributed by atoms with E-state index < -0.39 is 5.92 Å². The second-order valence-corrected chi connectivity index (χ2v) is 6.16. The summed E-state index contributed by atoms with van der Waals surface area (Å²) < 4.78 is 1.73. The van der Waals surface area contributed by atoms with Crippen LogP contribution in [-0.4, -0.2) is 5.78 Å². The predicted octanol–water partition coefficient (Wildman–Crippen LogP) is 5.01. The van der Waals surface area contributed by atoms with Gasteiger partial charge >= 0.3 is 0 Å². The van der Waals surface area contributed by atoms with Crippen LogP contribution in [0.4, 0.5) is 0 Å². The van der Waals surface area contributed by atoms with Crippen molar-refractivity contribution in [3.63, 3.8) is 0 Å². The van der Waals surface area contributed by atoms with Crippen LogP contribution in [0.15, 0.2) is 51.4 Å². The second-order valence-electron chi connectivity index (χ2n) is 4.39. The Labute approximate surface area is 134 Å². The zero-order valence-electron chi connectivity index (χ0n) is 10.7. The molecule has 2 aromatic carbocycles. The summed E-state index contributed by atoms with van der Waals surface area (Å²) in [5.41, 5.74) is 2.13. The van der Waals surface area contributed by atoms with Gasteiger partial charge in [-0.15, -0.1) is 0 Å². The third kappa shape index (κ3) is 3.00. The molecule has 0 spiro atoms. The minimum atomic E-state index is -0.791. The van der Waals surface area contributed by atoms with Gasteiger partial charge in [0.2, 0.25) is 0 Å². The van der Waals surface area contributed by atoms with Crippen molar-refractivity contribution in [3.8, 4) is 6.07 Å². The molecule has 0 aliphatic heterocycles. The maximum Gasteiger partial charge on any atom is 0.184 e. The molecule has 0 fully saturated rings. The molecule has 1 unspecified atom stereocenters. The number of Topliss-reactive ketones (excluding diaryl/α,β-unsaturated/α-hetero) is 1. The Morgan fingerprint density at radius 2 is 1.90 bits per heavy atom. The van der Waals surface area contributed by atoms with Crippen LogP contribution in [0.5, 0.6) is 0 Å². The van der Waals surface area contributed by atoms with Gasteiger partial charge in [0, 0.05) is 14.5 Å². The quantitative estimate of drug-likeness (QED) is 0.688. The minimum absolute atomic E-state index is 0.176. The molecule has 0 aliphatic rings. The Kier molecular flexibility index (Phi) is 4.74. The molecule has 0 radical (unpaired) electrons. The van der Waals surface area contributed by atoms with Gasteiger partial charge in [-0.2, -0.15) is 5.26 Å². The first-order valence-corrected chi connectivity index (χ1v) is 7.57. The highest BCUT2D eigenvalue weighted by Crippen LogP contribution is 2.27. The van der Waals surface area contributed by atoms with E-state index in [0.717, 1.165) is 14.5 Å². The number of nitriles is 1. The number of halogens is 2. The third-order valence-corrected chi connectivity index (χ3v) is 4.46. The molecule has 0 saturated heterocycles. The lowest BCUT2D eigenvalue weighted by Crippen LogP contribution is -2.12. The number of nitrogens with zero attached hydrogens (tertiary/aromatic N) is 1. The smallest absolute Gasteiger partial charge is 0.184 e. The van der Waals surface area contributed by atoms with Crippen LogP contribution in [0.25, 0.3) is 0 Å². The van der Waals surface area contributed by atoms with E-state index in [0.29, 0.717) is 11.1 Å². The summed E-state index contributed by atoms with van der Waals surface area (Å²) in [5.74, 6) is -0.968. The van der Waals surface area contributed by atoms with Crippen molar-refractivity contribution in [3.05, 3.63) is 68.1 Å². The average molecular weight is 393 g/mol. The molecular weight excluding hydrogens is 382 g/mol. The molecule has 0 bridgehead atoms. The van der Waals surface area contributed by atoms with Gasteiger partial charge in [-0.05, 0) is 36.2 Å². The zero-order chi connectivity index (χ0) is 14.7. The number of benzene rings is 2. The molecule has 2 aromatic rings. The predicted molar refractivity (Wildman–Crippen MR) is 85.7 cm³/mol. The van der Waals surface area contributed by atoms with Gasteiger partial charge in [0.1, 0.15) is 5.92 Å². The Balaban J connectivity index is 2.45. The summed E-state index contributed by atoms with van der Waals surface area (Å²) in [4.78, 5) is 12.6. The first-order valence-electron chi connectivity index (χ1n) is 5.99. The second kappa shape index (κ2) is 6.34. The third-order valence-electron chi connectivity index (χ3n) is 3.11. The van der Waals surface area contributed by atoms with Crippen molar-refractivity contribution in [2.24, 2.45) is 0 Å². The number of rotatable bonds is 3. The highest BCUT2D eigenvalue weighted by Gasteiger charge is 2.23. The van der Waals surface area contributed by atoms with E-state index in [1.807, 2.05) is 25.1 Å². The van der Waals surface area contributed by atoms with E-state index >= 15 is 0 Å². The highest BCUT2D eigenvalue weighted by molar-refractivity contribution is 9.10. The van der Waals surface area contributed by atoms with Gasteiger partial charge in [-0.3, -0.25) is 4.79 Å². The van der Waals surface area contributed by atoms with Gasteiger partial charge < -0.3 is 0 Å². The fourth-order valence-electron chi connectivity index (χ4n) is 2.00.